The van der Waals surface area contributed by atoms with Gasteiger partial charge in [0, 0.05) is 17.5 Å². The van der Waals surface area contributed by atoms with Crippen molar-refractivity contribution in [2.24, 2.45) is 5.73 Å². The Bertz CT molecular complexity index is 415. The summed E-state index contributed by atoms with van der Waals surface area (Å²) in [5.41, 5.74) is 8.22. The van der Waals surface area contributed by atoms with Crippen molar-refractivity contribution in [2.45, 2.75) is 45.3 Å². The largest absolute Gasteiger partial charge is 0.496 e. The van der Waals surface area contributed by atoms with E-state index < -0.39 is 0 Å². The zero-order chi connectivity index (χ0) is 12.6. The summed E-state index contributed by atoms with van der Waals surface area (Å²) >= 11 is 0. The maximum atomic E-state index is 5.85. The molecular weight excluding hydrogens is 214 g/mol. The van der Waals surface area contributed by atoms with Crippen LogP contribution in [0.5, 0.6) is 11.5 Å². The maximum Gasteiger partial charge on any atom is 0.123 e. The van der Waals surface area contributed by atoms with Crippen LogP contribution in [0.2, 0.25) is 0 Å². The Morgan fingerprint density at radius 1 is 1.41 bits per heavy atom. The van der Waals surface area contributed by atoms with E-state index in [2.05, 4.69) is 26.0 Å². The van der Waals surface area contributed by atoms with Crippen LogP contribution < -0.4 is 15.2 Å². The van der Waals surface area contributed by atoms with Crippen LogP contribution in [-0.2, 0) is 6.42 Å². The minimum Gasteiger partial charge on any atom is -0.496 e. The molecule has 0 radical (unpaired) electrons. The van der Waals surface area contributed by atoms with Crippen molar-refractivity contribution in [3.63, 3.8) is 0 Å². The fraction of sp³-hybridized carbons (Fsp3) is 0.571. The van der Waals surface area contributed by atoms with E-state index in [1.165, 1.54) is 5.56 Å². The highest BCUT2D eigenvalue weighted by molar-refractivity contribution is 5.50. The molecular formula is C14H21NO2. The molecule has 17 heavy (non-hydrogen) atoms. The average molecular weight is 235 g/mol. The number of rotatable bonds is 3. The molecule has 1 aromatic rings. The molecule has 0 saturated heterocycles. The number of ether oxygens (including phenoxy) is 2. The predicted octanol–water partition coefficient (Wildman–Crippen LogP) is 2.47. The summed E-state index contributed by atoms with van der Waals surface area (Å²) < 4.78 is 11.3. The van der Waals surface area contributed by atoms with Gasteiger partial charge in [-0.05, 0) is 38.0 Å². The molecule has 0 aliphatic carbocycles. The molecule has 1 aliphatic heterocycles. The van der Waals surface area contributed by atoms with E-state index in [-0.39, 0.29) is 12.1 Å². The van der Waals surface area contributed by atoms with Crippen LogP contribution in [-0.4, -0.2) is 19.3 Å². The first kappa shape index (κ1) is 12.2. The monoisotopic (exact) mass is 235 g/mol. The molecule has 0 saturated carbocycles. The lowest BCUT2D eigenvalue weighted by Gasteiger charge is -2.13. The first-order valence-corrected chi connectivity index (χ1v) is 6.16. The van der Waals surface area contributed by atoms with Crippen LogP contribution >= 0.6 is 0 Å². The van der Waals surface area contributed by atoms with Gasteiger partial charge in [-0.25, -0.2) is 0 Å². The molecule has 1 heterocycles. The summed E-state index contributed by atoms with van der Waals surface area (Å²) in [6.07, 6.45) is 1.04. The Balaban J connectivity index is 2.40. The van der Waals surface area contributed by atoms with Gasteiger partial charge in [0.15, 0.2) is 0 Å². The number of methoxy groups -OCH3 is 1. The summed E-state index contributed by atoms with van der Waals surface area (Å²) in [6.45, 7) is 6.28. The van der Waals surface area contributed by atoms with Crippen LogP contribution in [0.15, 0.2) is 12.1 Å². The molecule has 2 rings (SSSR count). The van der Waals surface area contributed by atoms with Gasteiger partial charge in [0.25, 0.3) is 0 Å². The second kappa shape index (κ2) is 4.57. The standard InChI is InChI=1S/C14H21NO2/c1-8(15)5-11-6-14-12(7-13(11)16-4)9(2)10(3)17-14/h6-10H,5,15H2,1-4H3. The van der Waals surface area contributed by atoms with E-state index in [1.54, 1.807) is 7.11 Å². The highest BCUT2D eigenvalue weighted by Gasteiger charge is 2.29. The Kier molecular flexibility index (Phi) is 3.29. The highest BCUT2D eigenvalue weighted by atomic mass is 16.5. The summed E-state index contributed by atoms with van der Waals surface area (Å²) in [5.74, 6) is 2.33. The summed E-state index contributed by atoms with van der Waals surface area (Å²) in [6, 6.07) is 4.30. The molecule has 2 N–H and O–H groups in total. The first-order chi connectivity index (χ1) is 8.02. The summed E-state index contributed by atoms with van der Waals surface area (Å²) in [5, 5.41) is 0. The van der Waals surface area contributed by atoms with Crippen molar-refractivity contribution in [1.82, 2.24) is 0 Å². The van der Waals surface area contributed by atoms with Gasteiger partial charge in [0.05, 0.1) is 7.11 Å². The zero-order valence-electron chi connectivity index (χ0n) is 11.0. The fourth-order valence-corrected chi connectivity index (χ4v) is 2.33. The van der Waals surface area contributed by atoms with Gasteiger partial charge in [0.2, 0.25) is 0 Å². The molecule has 3 unspecified atom stereocenters. The third-order valence-electron chi connectivity index (χ3n) is 3.46. The summed E-state index contributed by atoms with van der Waals surface area (Å²) in [4.78, 5) is 0. The Morgan fingerprint density at radius 3 is 2.71 bits per heavy atom. The van der Waals surface area contributed by atoms with Crippen molar-refractivity contribution in [1.29, 1.82) is 0 Å². The smallest absolute Gasteiger partial charge is 0.123 e. The van der Waals surface area contributed by atoms with Crippen LogP contribution in [0.4, 0.5) is 0 Å². The van der Waals surface area contributed by atoms with Crippen molar-refractivity contribution < 1.29 is 9.47 Å². The van der Waals surface area contributed by atoms with Crippen LogP contribution in [0.3, 0.4) is 0 Å². The van der Waals surface area contributed by atoms with E-state index >= 15 is 0 Å². The average Bonchev–Trinajstić information content (AvgIpc) is 2.53. The van der Waals surface area contributed by atoms with Gasteiger partial charge in [-0.1, -0.05) is 6.92 Å². The van der Waals surface area contributed by atoms with Crippen molar-refractivity contribution >= 4 is 0 Å². The van der Waals surface area contributed by atoms with Gasteiger partial charge in [-0.3, -0.25) is 0 Å². The number of benzene rings is 1. The second-order valence-electron chi connectivity index (χ2n) is 4.99. The lowest BCUT2D eigenvalue weighted by Crippen LogP contribution is -2.18. The Morgan fingerprint density at radius 2 is 2.12 bits per heavy atom. The first-order valence-electron chi connectivity index (χ1n) is 6.16. The van der Waals surface area contributed by atoms with Crippen LogP contribution in [0, 0.1) is 0 Å². The highest BCUT2D eigenvalue weighted by Crippen LogP contribution is 2.41. The molecule has 0 fully saturated rings. The summed E-state index contributed by atoms with van der Waals surface area (Å²) in [7, 11) is 1.70. The van der Waals surface area contributed by atoms with Crippen molar-refractivity contribution in [3.05, 3.63) is 23.3 Å². The lowest BCUT2D eigenvalue weighted by atomic mass is 9.95. The topological polar surface area (TPSA) is 44.5 Å². The van der Waals surface area contributed by atoms with E-state index in [0.29, 0.717) is 5.92 Å². The Hall–Kier alpha value is -1.22. The minimum absolute atomic E-state index is 0.123. The SMILES string of the molecule is COc1cc2c(cc1CC(C)N)OC(C)C2C. The lowest BCUT2D eigenvalue weighted by molar-refractivity contribution is 0.232. The number of hydrogen-bond acceptors (Lipinski definition) is 3. The third kappa shape index (κ3) is 2.25. The molecule has 3 atom stereocenters. The Labute approximate surface area is 103 Å². The van der Waals surface area contributed by atoms with E-state index in [1.807, 2.05) is 6.92 Å². The van der Waals surface area contributed by atoms with Gasteiger partial charge in [-0.15, -0.1) is 0 Å². The van der Waals surface area contributed by atoms with Crippen molar-refractivity contribution in [2.75, 3.05) is 7.11 Å². The molecule has 0 amide bonds. The fourth-order valence-electron chi connectivity index (χ4n) is 2.33. The molecule has 1 aliphatic rings. The molecule has 94 valence electrons. The van der Waals surface area contributed by atoms with Gasteiger partial charge in [-0.2, -0.15) is 0 Å². The van der Waals surface area contributed by atoms with Crippen LogP contribution in [0.25, 0.3) is 0 Å². The molecule has 3 nitrogen and oxygen atoms in total. The van der Waals surface area contributed by atoms with Crippen molar-refractivity contribution in [3.8, 4) is 11.5 Å². The number of fused-ring (bicyclic) bond motifs is 1. The molecule has 0 aromatic heterocycles. The predicted molar refractivity (Wildman–Crippen MR) is 68.9 cm³/mol. The van der Waals surface area contributed by atoms with Crippen LogP contribution in [0.1, 0.15) is 37.8 Å². The zero-order valence-corrected chi connectivity index (χ0v) is 11.0. The normalized spacial score (nSPS) is 24.1. The number of nitrogens with two attached hydrogens (primary N) is 1. The van der Waals surface area contributed by atoms with Gasteiger partial charge < -0.3 is 15.2 Å². The quantitative estimate of drug-likeness (QED) is 0.875. The molecule has 0 bridgehead atoms. The maximum absolute atomic E-state index is 5.85. The third-order valence-corrected chi connectivity index (χ3v) is 3.46. The minimum atomic E-state index is 0.123. The van der Waals surface area contributed by atoms with E-state index in [9.17, 15) is 0 Å². The second-order valence-corrected chi connectivity index (χ2v) is 4.99. The molecule has 0 spiro atoms. The van der Waals surface area contributed by atoms with Gasteiger partial charge >= 0.3 is 0 Å². The van der Waals surface area contributed by atoms with E-state index in [0.717, 1.165) is 23.5 Å². The molecule has 3 heteroatoms. The number of hydrogen-bond donors (Lipinski definition) is 1. The molecule has 1 aromatic carbocycles. The van der Waals surface area contributed by atoms with Gasteiger partial charge in [0.1, 0.15) is 17.6 Å². The van der Waals surface area contributed by atoms with E-state index in [4.69, 9.17) is 15.2 Å².